The van der Waals surface area contributed by atoms with Crippen LogP contribution in [0.3, 0.4) is 0 Å². The lowest BCUT2D eigenvalue weighted by Gasteiger charge is -2.43. The minimum Gasteiger partial charge on any atom is -0.342 e. The van der Waals surface area contributed by atoms with Crippen molar-refractivity contribution >= 4 is 22.8 Å². The number of nitrogens with zero attached hydrogens (tertiary/aromatic N) is 2. The van der Waals surface area contributed by atoms with Crippen LogP contribution < -0.4 is 4.90 Å². The zero-order valence-corrected chi connectivity index (χ0v) is 19.6. The second-order valence-corrected chi connectivity index (χ2v) is 10.6. The third kappa shape index (κ3) is 3.20. The highest BCUT2D eigenvalue weighted by Gasteiger charge is 2.39. The minimum absolute atomic E-state index is 0.163. The fourth-order valence-corrected chi connectivity index (χ4v) is 5.20. The summed E-state index contributed by atoms with van der Waals surface area (Å²) in [6.07, 6.45) is 2.42. The molecular formula is C29H32N2. The lowest BCUT2D eigenvalue weighted by molar-refractivity contribution is 0.332. The molecular weight excluding hydrogens is 376 g/mol. The Morgan fingerprint density at radius 1 is 0.774 bits per heavy atom. The van der Waals surface area contributed by atoms with E-state index < -0.39 is 0 Å². The van der Waals surface area contributed by atoms with Gasteiger partial charge >= 0.3 is 0 Å². The first-order chi connectivity index (χ1) is 14.7. The van der Waals surface area contributed by atoms with Gasteiger partial charge in [0, 0.05) is 18.2 Å². The first kappa shape index (κ1) is 20.1. The normalized spacial score (nSPS) is 18.4. The Kier molecular flexibility index (Phi) is 4.41. The molecule has 3 aromatic rings. The molecule has 1 heterocycles. The van der Waals surface area contributed by atoms with Crippen LogP contribution in [0.15, 0.2) is 65.7 Å². The van der Waals surface area contributed by atoms with Crippen molar-refractivity contribution in [3.8, 4) is 0 Å². The number of aliphatic imine (C=N–C) groups is 1. The molecule has 0 N–H and O–H groups in total. The van der Waals surface area contributed by atoms with Crippen molar-refractivity contribution in [2.24, 2.45) is 4.99 Å². The zero-order chi connectivity index (χ0) is 22.0. The second kappa shape index (κ2) is 6.82. The van der Waals surface area contributed by atoms with Gasteiger partial charge in [0.25, 0.3) is 0 Å². The third-order valence-electron chi connectivity index (χ3n) is 7.36. The molecule has 0 atom stereocenters. The number of anilines is 2. The minimum atomic E-state index is 0.163. The second-order valence-electron chi connectivity index (χ2n) is 10.6. The Balaban J connectivity index is 1.86. The van der Waals surface area contributed by atoms with Crippen molar-refractivity contribution in [3.05, 3.63) is 88.5 Å². The van der Waals surface area contributed by atoms with Crippen LogP contribution in [0.1, 0.15) is 68.4 Å². The average molecular weight is 409 g/mol. The summed E-state index contributed by atoms with van der Waals surface area (Å²) in [6, 6.07) is 22.1. The molecule has 3 aromatic carbocycles. The van der Waals surface area contributed by atoms with Gasteiger partial charge in [-0.2, -0.15) is 0 Å². The molecule has 5 rings (SSSR count). The van der Waals surface area contributed by atoms with Gasteiger partial charge in [-0.3, -0.25) is 0 Å². The Morgan fingerprint density at radius 3 is 2.10 bits per heavy atom. The molecule has 0 saturated carbocycles. The van der Waals surface area contributed by atoms with Gasteiger partial charge < -0.3 is 4.90 Å². The predicted molar refractivity (Wildman–Crippen MR) is 133 cm³/mol. The molecule has 2 heteroatoms. The summed E-state index contributed by atoms with van der Waals surface area (Å²) in [5, 5.41) is 0. The van der Waals surface area contributed by atoms with Gasteiger partial charge in [-0.05, 0) is 71.6 Å². The molecule has 0 spiro atoms. The number of hydrogen-bond acceptors (Lipinski definition) is 2. The van der Waals surface area contributed by atoms with Gasteiger partial charge in [0.1, 0.15) is 0 Å². The van der Waals surface area contributed by atoms with Crippen molar-refractivity contribution in [1.29, 1.82) is 0 Å². The van der Waals surface area contributed by atoms with E-state index in [0.29, 0.717) is 0 Å². The highest BCUT2D eigenvalue weighted by molar-refractivity contribution is 6.19. The maximum absolute atomic E-state index is 5.27. The molecule has 0 unspecified atom stereocenters. The van der Waals surface area contributed by atoms with Crippen molar-refractivity contribution in [2.75, 3.05) is 11.9 Å². The molecule has 158 valence electrons. The molecule has 2 aliphatic rings. The van der Waals surface area contributed by atoms with Gasteiger partial charge in [-0.25, -0.2) is 4.99 Å². The van der Waals surface area contributed by atoms with E-state index in [4.69, 9.17) is 4.99 Å². The highest BCUT2D eigenvalue weighted by Crippen LogP contribution is 2.50. The SMILES string of the molecule is Cc1ccc2c(c1)N=C(c1ccccc1)c1cc3c(cc1N2C)C(C)(C)CCC3(C)C. The number of rotatable bonds is 1. The van der Waals surface area contributed by atoms with Crippen molar-refractivity contribution in [2.45, 2.75) is 58.3 Å². The van der Waals surface area contributed by atoms with E-state index in [0.717, 1.165) is 17.1 Å². The quantitative estimate of drug-likeness (QED) is 0.405. The van der Waals surface area contributed by atoms with E-state index in [-0.39, 0.29) is 10.8 Å². The van der Waals surface area contributed by atoms with Crippen LogP contribution in [0.4, 0.5) is 17.1 Å². The number of aryl methyl sites for hydroxylation is 1. The molecule has 0 saturated heterocycles. The largest absolute Gasteiger partial charge is 0.342 e. The fourth-order valence-electron chi connectivity index (χ4n) is 5.20. The van der Waals surface area contributed by atoms with Crippen LogP contribution in [0.2, 0.25) is 0 Å². The van der Waals surface area contributed by atoms with Crippen LogP contribution in [0.5, 0.6) is 0 Å². The molecule has 0 aromatic heterocycles. The van der Waals surface area contributed by atoms with E-state index in [2.05, 4.69) is 107 Å². The van der Waals surface area contributed by atoms with Gasteiger partial charge in [0.2, 0.25) is 0 Å². The van der Waals surface area contributed by atoms with Crippen LogP contribution >= 0.6 is 0 Å². The molecule has 0 radical (unpaired) electrons. The molecule has 2 nitrogen and oxygen atoms in total. The summed E-state index contributed by atoms with van der Waals surface area (Å²) >= 11 is 0. The van der Waals surface area contributed by atoms with Crippen LogP contribution in [0.25, 0.3) is 0 Å². The number of benzene rings is 3. The van der Waals surface area contributed by atoms with E-state index in [9.17, 15) is 0 Å². The van der Waals surface area contributed by atoms with Crippen molar-refractivity contribution in [1.82, 2.24) is 0 Å². The monoisotopic (exact) mass is 408 g/mol. The molecule has 1 aliphatic carbocycles. The maximum Gasteiger partial charge on any atom is 0.0876 e. The summed E-state index contributed by atoms with van der Waals surface area (Å²) < 4.78 is 0. The summed E-state index contributed by atoms with van der Waals surface area (Å²) in [6.45, 7) is 11.7. The molecule has 0 bridgehead atoms. The summed E-state index contributed by atoms with van der Waals surface area (Å²) in [4.78, 5) is 7.60. The molecule has 0 amide bonds. The standard InChI is InChI=1S/C29H32N2/c1-19-12-13-25-24(16-19)30-27(20-10-8-7-9-11-20)21-17-22-23(18-26(21)31(25)6)29(4,5)15-14-28(22,2)3/h7-13,16-18H,14-15H2,1-6H3. The summed E-state index contributed by atoms with van der Waals surface area (Å²) in [7, 11) is 2.18. The lowest BCUT2D eigenvalue weighted by Crippen LogP contribution is -2.34. The average Bonchev–Trinajstić information content (AvgIpc) is 2.86. The first-order valence-electron chi connectivity index (χ1n) is 11.4. The lowest BCUT2D eigenvalue weighted by atomic mass is 9.62. The first-order valence-corrected chi connectivity index (χ1v) is 11.4. The van der Waals surface area contributed by atoms with Crippen LogP contribution in [0, 0.1) is 6.92 Å². The Labute approximate surface area is 186 Å². The fraction of sp³-hybridized carbons (Fsp3) is 0.345. The third-order valence-corrected chi connectivity index (χ3v) is 7.36. The Morgan fingerprint density at radius 2 is 1.42 bits per heavy atom. The summed E-state index contributed by atoms with van der Waals surface area (Å²) in [5.41, 5.74) is 11.4. The Hall–Kier alpha value is -2.87. The maximum atomic E-state index is 5.27. The van der Waals surface area contributed by atoms with Gasteiger partial charge in [0.05, 0.1) is 22.8 Å². The summed E-state index contributed by atoms with van der Waals surface area (Å²) in [5.74, 6) is 0. The number of fused-ring (bicyclic) bond motifs is 3. The van der Waals surface area contributed by atoms with Crippen molar-refractivity contribution in [3.63, 3.8) is 0 Å². The highest BCUT2D eigenvalue weighted by atomic mass is 15.1. The van der Waals surface area contributed by atoms with Crippen molar-refractivity contribution < 1.29 is 0 Å². The zero-order valence-electron chi connectivity index (χ0n) is 19.6. The Bertz CT molecular complexity index is 1200. The van der Waals surface area contributed by atoms with Gasteiger partial charge in [-0.15, -0.1) is 0 Å². The molecule has 0 fully saturated rings. The van der Waals surface area contributed by atoms with E-state index in [1.165, 1.54) is 46.3 Å². The topological polar surface area (TPSA) is 15.6 Å². The van der Waals surface area contributed by atoms with Crippen LogP contribution in [-0.2, 0) is 10.8 Å². The van der Waals surface area contributed by atoms with Gasteiger partial charge in [0.15, 0.2) is 0 Å². The predicted octanol–water partition coefficient (Wildman–Crippen LogP) is 7.59. The van der Waals surface area contributed by atoms with E-state index >= 15 is 0 Å². The smallest absolute Gasteiger partial charge is 0.0876 e. The molecule has 1 aliphatic heterocycles. The van der Waals surface area contributed by atoms with Crippen LogP contribution in [-0.4, -0.2) is 12.8 Å². The van der Waals surface area contributed by atoms with E-state index in [1.807, 2.05) is 0 Å². The molecule has 31 heavy (non-hydrogen) atoms. The number of hydrogen-bond donors (Lipinski definition) is 0. The van der Waals surface area contributed by atoms with Gasteiger partial charge in [-0.1, -0.05) is 64.1 Å². The van der Waals surface area contributed by atoms with E-state index in [1.54, 1.807) is 0 Å².